The van der Waals surface area contributed by atoms with Crippen LogP contribution < -0.4 is 8.37 Å². The molecule has 2 bridgehead atoms. The summed E-state index contributed by atoms with van der Waals surface area (Å²) in [5.41, 5.74) is -0.575. The first-order valence-corrected chi connectivity index (χ1v) is 13.0. The van der Waals surface area contributed by atoms with Crippen molar-refractivity contribution in [2.24, 2.45) is 5.92 Å². The Morgan fingerprint density at radius 3 is 1.65 bits per heavy atom. The topological polar surface area (TPSA) is 210 Å². The van der Waals surface area contributed by atoms with Crippen LogP contribution in [0.5, 0.6) is 11.5 Å². The van der Waals surface area contributed by atoms with Gasteiger partial charge in [-0.05, 0) is 24.3 Å². The number of benzene rings is 2. The molecule has 37 heavy (non-hydrogen) atoms. The SMILES string of the molecule is C[C@@H]1C(OS(=O)(=O)Oc2ccc([N+](=O)[O-])cc2)[C@@H]2OCC(O2)[C@H]1OS(=O)(=O)Oc1ccc([N+](=O)[O-])cc1. The summed E-state index contributed by atoms with van der Waals surface area (Å²) in [5, 5.41) is 21.5. The molecule has 2 aliphatic rings. The van der Waals surface area contributed by atoms with E-state index in [2.05, 4.69) is 0 Å². The van der Waals surface area contributed by atoms with Gasteiger partial charge in [0.15, 0.2) is 6.29 Å². The van der Waals surface area contributed by atoms with Crippen LogP contribution in [0.15, 0.2) is 48.5 Å². The van der Waals surface area contributed by atoms with Gasteiger partial charge in [-0.2, -0.15) is 16.8 Å². The summed E-state index contributed by atoms with van der Waals surface area (Å²) < 4.78 is 80.8. The Morgan fingerprint density at radius 1 is 0.784 bits per heavy atom. The molecule has 0 saturated carbocycles. The van der Waals surface area contributed by atoms with E-state index in [9.17, 15) is 37.1 Å². The monoisotopic (exact) mass is 562 g/mol. The third-order valence-corrected chi connectivity index (χ3v) is 7.06. The van der Waals surface area contributed by atoms with Crippen molar-refractivity contribution in [2.45, 2.75) is 31.5 Å². The summed E-state index contributed by atoms with van der Waals surface area (Å²) in [6.45, 7) is 1.30. The molecule has 2 fully saturated rings. The number of hydrogen-bond donors (Lipinski definition) is 0. The Balaban J connectivity index is 1.45. The third-order valence-electron chi connectivity index (χ3n) is 5.35. The maximum Gasteiger partial charge on any atom is 0.449 e. The molecule has 0 aromatic heterocycles. The zero-order chi connectivity index (χ0) is 27.0. The molecule has 200 valence electrons. The largest absolute Gasteiger partial charge is 0.449 e. The van der Waals surface area contributed by atoms with E-state index in [1.807, 2.05) is 0 Å². The van der Waals surface area contributed by atoms with Crippen molar-refractivity contribution in [1.29, 1.82) is 0 Å². The van der Waals surface area contributed by atoms with Gasteiger partial charge in [-0.25, -0.2) is 8.37 Å². The van der Waals surface area contributed by atoms with Gasteiger partial charge in [0.2, 0.25) is 0 Å². The fraction of sp³-hybridized carbons (Fsp3) is 0.368. The summed E-state index contributed by atoms with van der Waals surface area (Å²) in [6, 6.07) is 8.35. The second-order valence-electron chi connectivity index (χ2n) is 7.84. The van der Waals surface area contributed by atoms with Gasteiger partial charge in [-0.1, -0.05) is 6.92 Å². The van der Waals surface area contributed by atoms with E-state index in [0.29, 0.717) is 0 Å². The fourth-order valence-corrected chi connectivity index (χ4v) is 5.52. The molecule has 0 aliphatic carbocycles. The second-order valence-corrected chi connectivity index (χ2v) is 10.2. The van der Waals surface area contributed by atoms with Crippen molar-refractivity contribution in [3.8, 4) is 11.5 Å². The minimum absolute atomic E-state index is 0.143. The zero-order valence-corrected chi connectivity index (χ0v) is 20.3. The lowest BCUT2D eigenvalue weighted by Gasteiger charge is -2.37. The number of nitro groups is 2. The Labute approximate surface area is 209 Å². The van der Waals surface area contributed by atoms with Gasteiger partial charge in [0.05, 0.1) is 16.5 Å². The van der Waals surface area contributed by atoms with Gasteiger partial charge in [0.1, 0.15) is 29.8 Å². The summed E-state index contributed by atoms with van der Waals surface area (Å²) in [4.78, 5) is 20.1. The molecule has 0 spiro atoms. The van der Waals surface area contributed by atoms with Crippen LogP contribution in [0.25, 0.3) is 0 Å². The van der Waals surface area contributed by atoms with E-state index < -0.39 is 61.2 Å². The molecule has 16 nitrogen and oxygen atoms in total. The minimum atomic E-state index is -4.77. The number of non-ortho nitro benzene ring substituents is 2. The normalized spacial score (nSPS) is 25.4. The van der Waals surface area contributed by atoms with Crippen molar-refractivity contribution in [2.75, 3.05) is 6.61 Å². The van der Waals surface area contributed by atoms with Gasteiger partial charge in [0.25, 0.3) is 11.4 Å². The van der Waals surface area contributed by atoms with Crippen LogP contribution >= 0.6 is 0 Å². The molecule has 2 aliphatic heterocycles. The molecule has 2 unspecified atom stereocenters. The van der Waals surface area contributed by atoms with Crippen molar-refractivity contribution in [3.05, 3.63) is 68.8 Å². The Kier molecular flexibility index (Phi) is 7.31. The standard InChI is InChI=1S/C19H18N2O14S2/c1-11-17(34-36(26,27)32-14-6-2-12(3-7-14)20(22)23)16-10-30-19(31-16)18(11)35-37(28,29)33-15-8-4-13(5-9-15)21(24)25/h2-9,11,16-19H,10H2,1H3/t11-,16?,17-,18?,19+/m0/s1. The third kappa shape index (κ3) is 6.29. The van der Waals surface area contributed by atoms with E-state index in [1.54, 1.807) is 0 Å². The molecular formula is C19H18N2O14S2. The van der Waals surface area contributed by atoms with Crippen LogP contribution in [0.4, 0.5) is 11.4 Å². The summed E-state index contributed by atoms with van der Waals surface area (Å²) in [5.74, 6) is -1.48. The van der Waals surface area contributed by atoms with Gasteiger partial charge in [-0.3, -0.25) is 20.2 Å². The molecule has 5 atom stereocenters. The molecular weight excluding hydrogens is 544 g/mol. The minimum Gasteiger partial charge on any atom is -0.362 e. The summed E-state index contributed by atoms with van der Waals surface area (Å²) in [7, 11) is -9.52. The average molecular weight is 562 g/mol. The predicted octanol–water partition coefficient (Wildman–Crippen LogP) is 1.61. The summed E-state index contributed by atoms with van der Waals surface area (Å²) in [6.07, 6.45) is -4.80. The van der Waals surface area contributed by atoms with E-state index in [0.717, 1.165) is 48.5 Å². The molecule has 2 aromatic carbocycles. The first kappa shape index (κ1) is 26.6. The lowest BCUT2D eigenvalue weighted by molar-refractivity contribution is -0.385. The number of ether oxygens (including phenoxy) is 2. The molecule has 2 heterocycles. The van der Waals surface area contributed by atoms with Crippen molar-refractivity contribution >= 4 is 32.2 Å². The predicted molar refractivity (Wildman–Crippen MR) is 119 cm³/mol. The Morgan fingerprint density at radius 2 is 1.22 bits per heavy atom. The molecule has 0 amide bonds. The van der Waals surface area contributed by atoms with Gasteiger partial charge < -0.3 is 17.8 Å². The van der Waals surface area contributed by atoms with Gasteiger partial charge >= 0.3 is 20.8 Å². The molecule has 2 saturated heterocycles. The van der Waals surface area contributed by atoms with Gasteiger partial charge in [-0.15, -0.1) is 0 Å². The van der Waals surface area contributed by atoms with E-state index >= 15 is 0 Å². The van der Waals surface area contributed by atoms with Crippen molar-refractivity contribution < 1.29 is 52.9 Å². The Hall–Kier alpha value is -3.42. The smallest absolute Gasteiger partial charge is 0.362 e. The summed E-state index contributed by atoms with van der Waals surface area (Å²) >= 11 is 0. The molecule has 2 aromatic rings. The van der Waals surface area contributed by atoms with Crippen LogP contribution in [-0.2, 0) is 38.6 Å². The maximum atomic E-state index is 12.5. The number of fused-ring (bicyclic) bond motifs is 2. The first-order valence-electron chi connectivity index (χ1n) is 10.3. The van der Waals surface area contributed by atoms with Crippen LogP contribution in [-0.4, -0.2) is 57.9 Å². The van der Waals surface area contributed by atoms with Gasteiger partial charge in [0, 0.05) is 30.2 Å². The molecule has 4 rings (SSSR count). The number of rotatable bonds is 10. The molecule has 18 heteroatoms. The highest BCUT2D eigenvalue weighted by molar-refractivity contribution is 7.82. The lowest BCUT2D eigenvalue weighted by atomic mass is 9.92. The number of nitro benzene ring substituents is 2. The van der Waals surface area contributed by atoms with Crippen molar-refractivity contribution in [1.82, 2.24) is 0 Å². The first-order chi connectivity index (χ1) is 17.3. The molecule has 0 N–H and O–H groups in total. The van der Waals surface area contributed by atoms with Crippen molar-refractivity contribution in [3.63, 3.8) is 0 Å². The van der Waals surface area contributed by atoms with E-state index in [4.69, 9.17) is 26.2 Å². The fourth-order valence-electron chi connectivity index (χ4n) is 3.64. The highest BCUT2D eigenvalue weighted by atomic mass is 32.3. The lowest BCUT2D eigenvalue weighted by Crippen LogP contribution is -2.52. The Bertz CT molecular complexity index is 1270. The highest BCUT2D eigenvalue weighted by Crippen LogP contribution is 2.37. The second kappa shape index (κ2) is 10.1. The number of nitrogens with zero attached hydrogens (tertiary/aromatic N) is 2. The number of hydrogen-bond acceptors (Lipinski definition) is 14. The average Bonchev–Trinajstić information content (AvgIpc) is 3.26. The van der Waals surface area contributed by atoms with E-state index in [1.165, 1.54) is 6.92 Å². The van der Waals surface area contributed by atoms with Crippen LogP contribution in [0.1, 0.15) is 6.92 Å². The van der Waals surface area contributed by atoms with Crippen LogP contribution in [0.3, 0.4) is 0 Å². The van der Waals surface area contributed by atoms with Crippen LogP contribution in [0, 0.1) is 26.1 Å². The van der Waals surface area contributed by atoms with E-state index in [-0.39, 0.29) is 29.5 Å². The quantitative estimate of drug-likeness (QED) is 0.297. The highest BCUT2D eigenvalue weighted by Gasteiger charge is 2.53. The molecule has 0 radical (unpaired) electrons. The zero-order valence-electron chi connectivity index (χ0n) is 18.6. The maximum absolute atomic E-state index is 12.5. The van der Waals surface area contributed by atoms with Crippen LogP contribution in [0.2, 0.25) is 0 Å².